The Morgan fingerprint density at radius 2 is 1.93 bits per heavy atom. The van der Waals surface area contributed by atoms with Crippen LogP contribution in [0.2, 0.25) is 0 Å². The van der Waals surface area contributed by atoms with Gasteiger partial charge in [-0.2, -0.15) is 5.26 Å². The van der Waals surface area contributed by atoms with Crippen LogP contribution in [0.3, 0.4) is 0 Å². The van der Waals surface area contributed by atoms with E-state index in [1.54, 1.807) is 11.6 Å². The molecule has 5 rings (SSSR count). The molecule has 0 aliphatic carbocycles. The summed E-state index contributed by atoms with van der Waals surface area (Å²) >= 11 is 0. The van der Waals surface area contributed by atoms with Gasteiger partial charge in [-0.05, 0) is 44.0 Å². The largest absolute Gasteiger partial charge is 0.440 e. The standard InChI is InChI=1S/C24H22N4O2/c1-15-7-8-20-17(13-15)22(18(14-25)24(29)27(20)2)28-11-9-16(10-12-28)23-26-19-5-3-4-6-21(19)30-23/h3-8,13,16H,9-12H2,1-2H3. The molecule has 0 N–H and O–H groups in total. The van der Waals surface area contributed by atoms with Crippen molar-refractivity contribution in [1.82, 2.24) is 9.55 Å². The second-order valence-corrected chi connectivity index (χ2v) is 8.00. The normalized spacial score (nSPS) is 15.0. The number of aromatic nitrogens is 2. The SMILES string of the molecule is Cc1ccc2c(c1)c(N1CCC(c3nc4ccccc4o3)CC1)c(C#N)c(=O)n2C. The quantitative estimate of drug-likeness (QED) is 0.505. The first kappa shape index (κ1) is 18.4. The van der Waals surface area contributed by atoms with Crippen LogP contribution < -0.4 is 10.5 Å². The topological polar surface area (TPSA) is 75.1 Å². The van der Waals surface area contributed by atoms with Crippen LogP contribution >= 0.6 is 0 Å². The maximum Gasteiger partial charge on any atom is 0.270 e. The number of rotatable bonds is 2. The van der Waals surface area contributed by atoms with Crippen molar-refractivity contribution in [3.63, 3.8) is 0 Å². The molecular weight excluding hydrogens is 376 g/mol. The van der Waals surface area contributed by atoms with E-state index in [2.05, 4.69) is 22.0 Å². The van der Waals surface area contributed by atoms with Crippen molar-refractivity contribution in [2.45, 2.75) is 25.7 Å². The third kappa shape index (κ3) is 2.86. The Kier molecular flexibility index (Phi) is 4.32. The summed E-state index contributed by atoms with van der Waals surface area (Å²) in [5, 5.41) is 10.7. The van der Waals surface area contributed by atoms with Crippen molar-refractivity contribution in [3.05, 3.63) is 69.8 Å². The van der Waals surface area contributed by atoms with Gasteiger partial charge in [-0.25, -0.2) is 4.98 Å². The molecule has 2 aromatic carbocycles. The highest BCUT2D eigenvalue weighted by Crippen LogP contribution is 2.35. The van der Waals surface area contributed by atoms with Gasteiger partial charge in [-0.15, -0.1) is 0 Å². The molecular formula is C24H22N4O2. The highest BCUT2D eigenvalue weighted by molar-refractivity contribution is 5.95. The molecule has 0 saturated carbocycles. The van der Waals surface area contributed by atoms with Gasteiger partial charge in [0.1, 0.15) is 17.1 Å². The number of pyridine rings is 1. The Morgan fingerprint density at radius 3 is 2.67 bits per heavy atom. The number of hydrogen-bond donors (Lipinski definition) is 0. The van der Waals surface area contributed by atoms with Crippen molar-refractivity contribution < 1.29 is 4.42 Å². The van der Waals surface area contributed by atoms with E-state index in [4.69, 9.17) is 4.42 Å². The van der Waals surface area contributed by atoms with Gasteiger partial charge in [0, 0.05) is 31.4 Å². The Labute approximate surface area is 174 Å². The Bertz CT molecular complexity index is 1330. The monoisotopic (exact) mass is 398 g/mol. The van der Waals surface area contributed by atoms with Gasteiger partial charge in [0.05, 0.1) is 11.2 Å². The van der Waals surface area contributed by atoms with Gasteiger partial charge in [0.25, 0.3) is 5.56 Å². The van der Waals surface area contributed by atoms with E-state index in [0.29, 0.717) is 0 Å². The van der Waals surface area contributed by atoms with Crippen LogP contribution in [0.25, 0.3) is 22.0 Å². The summed E-state index contributed by atoms with van der Waals surface area (Å²) in [6, 6.07) is 16.0. The van der Waals surface area contributed by atoms with Gasteiger partial charge >= 0.3 is 0 Å². The summed E-state index contributed by atoms with van der Waals surface area (Å²) in [5.41, 5.74) is 4.38. The van der Waals surface area contributed by atoms with Crippen LogP contribution in [0.4, 0.5) is 5.69 Å². The number of nitrogens with zero attached hydrogens (tertiary/aromatic N) is 4. The average Bonchev–Trinajstić information content (AvgIpc) is 3.20. The zero-order chi connectivity index (χ0) is 20.8. The van der Waals surface area contributed by atoms with E-state index in [-0.39, 0.29) is 17.0 Å². The first-order chi connectivity index (χ1) is 14.6. The smallest absolute Gasteiger partial charge is 0.270 e. The molecule has 0 amide bonds. The van der Waals surface area contributed by atoms with Crippen molar-refractivity contribution in [3.8, 4) is 6.07 Å². The van der Waals surface area contributed by atoms with E-state index in [1.165, 1.54) is 0 Å². The van der Waals surface area contributed by atoms with E-state index < -0.39 is 0 Å². The number of anilines is 1. The van der Waals surface area contributed by atoms with Gasteiger partial charge in [-0.1, -0.05) is 23.8 Å². The molecule has 2 aromatic heterocycles. The third-order valence-corrected chi connectivity index (χ3v) is 6.11. The summed E-state index contributed by atoms with van der Waals surface area (Å²) in [5.74, 6) is 1.01. The molecule has 3 heterocycles. The zero-order valence-electron chi connectivity index (χ0n) is 17.1. The molecule has 6 heteroatoms. The minimum Gasteiger partial charge on any atom is -0.440 e. The van der Waals surface area contributed by atoms with Gasteiger partial charge in [0.15, 0.2) is 11.5 Å². The Hall–Kier alpha value is -3.59. The molecule has 30 heavy (non-hydrogen) atoms. The second-order valence-electron chi connectivity index (χ2n) is 8.00. The molecule has 1 fully saturated rings. The summed E-state index contributed by atoms with van der Waals surface area (Å²) in [6.45, 7) is 3.52. The van der Waals surface area contributed by atoms with Gasteiger partial charge < -0.3 is 13.9 Å². The van der Waals surface area contributed by atoms with E-state index in [1.807, 2.05) is 43.3 Å². The maximum atomic E-state index is 12.8. The van der Waals surface area contributed by atoms with Crippen LogP contribution in [0, 0.1) is 18.3 Å². The zero-order valence-corrected chi connectivity index (χ0v) is 17.1. The van der Waals surface area contributed by atoms with Crippen LogP contribution in [0.15, 0.2) is 51.7 Å². The van der Waals surface area contributed by atoms with Crippen molar-refractivity contribution in [2.24, 2.45) is 7.05 Å². The molecule has 0 bridgehead atoms. The molecule has 1 saturated heterocycles. The summed E-state index contributed by atoms with van der Waals surface area (Å²) in [4.78, 5) is 19.7. The first-order valence-electron chi connectivity index (χ1n) is 10.2. The molecule has 6 nitrogen and oxygen atoms in total. The summed E-state index contributed by atoms with van der Waals surface area (Å²) < 4.78 is 7.55. The number of hydrogen-bond acceptors (Lipinski definition) is 5. The predicted octanol–water partition coefficient (Wildman–Crippen LogP) is 4.24. The third-order valence-electron chi connectivity index (χ3n) is 6.11. The maximum absolute atomic E-state index is 12.8. The molecule has 1 aliphatic heterocycles. The predicted molar refractivity (Wildman–Crippen MR) is 117 cm³/mol. The van der Waals surface area contributed by atoms with E-state index in [0.717, 1.165) is 65.1 Å². The minimum atomic E-state index is -0.245. The number of para-hydroxylation sites is 2. The number of oxazole rings is 1. The van der Waals surface area contributed by atoms with E-state index in [9.17, 15) is 10.1 Å². The van der Waals surface area contributed by atoms with Crippen molar-refractivity contribution in [1.29, 1.82) is 5.26 Å². The number of nitriles is 1. The number of piperidine rings is 1. The highest BCUT2D eigenvalue weighted by atomic mass is 16.3. The van der Waals surface area contributed by atoms with Crippen LogP contribution in [0.5, 0.6) is 0 Å². The van der Waals surface area contributed by atoms with Crippen LogP contribution in [0.1, 0.15) is 35.8 Å². The lowest BCUT2D eigenvalue weighted by Gasteiger charge is -2.33. The van der Waals surface area contributed by atoms with Crippen molar-refractivity contribution >= 4 is 27.7 Å². The molecule has 0 spiro atoms. The molecule has 0 radical (unpaired) electrons. The van der Waals surface area contributed by atoms with Gasteiger partial charge in [0.2, 0.25) is 0 Å². The highest BCUT2D eigenvalue weighted by Gasteiger charge is 2.28. The molecule has 150 valence electrons. The lowest BCUT2D eigenvalue weighted by Crippen LogP contribution is -2.35. The fourth-order valence-corrected chi connectivity index (χ4v) is 4.49. The fourth-order valence-electron chi connectivity index (χ4n) is 4.49. The number of aryl methyl sites for hydroxylation is 2. The molecule has 1 aliphatic rings. The second kappa shape index (κ2) is 7.03. The molecule has 4 aromatic rings. The molecule has 0 unspecified atom stereocenters. The van der Waals surface area contributed by atoms with Crippen LogP contribution in [-0.4, -0.2) is 22.6 Å². The summed E-state index contributed by atoms with van der Waals surface area (Å²) in [6.07, 6.45) is 1.72. The Balaban J connectivity index is 1.51. The molecule has 0 atom stereocenters. The minimum absolute atomic E-state index is 0.218. The fraction of sp³-hybridized carbons (Fsp3) is 0.292. The van der Waals surface area contributed by atoms with Crippen molar-refractivity contribution in [2.75, 3.05) is 18.0 Å². The average molecular weight is 398 g/mol. The number of benzene rings is 2. The lowest BCUT2D eigenvalue weighted by molar-refractivity contribution is 0.407. The van der Waals surface area contributed by atoms with E-state index >= 15 is 0 Å². The summed E-state index contributed by atoms with van der Waals surface area (Å²) in [7, 11) is 1.73. The van der Waals surface area contributed by atoms with Gasteiger partial charge in [-0.3, -0.25) is 4.79 Å². The van der Waals surface area contributed by atoms with Crippen LogP contribution in [-0.2, 0) is 7.05 Å². The number of fused-ring (bicyclic) bond motifs is 2. The first-order valence-corrected chi connectivity index (χ1v) is 10.2. The lowest BCUT2D eigenvalue weighted by atomic mass is 9.95. The Morgan fingerprint density at radius 1 is 1.17 bits per heavy atom.